The van der Waals surface area contributed by atoms with Crippen LogP contribution < -0.4 is 15.0 Å². The lowest BCUT2D eigenvalue weighted by Crippen LogP contribution is -2.15. The molecule has 0 saturated heterocycles. The minimum Gasteiger partial charge on any atom is -0.492 e. The van der Waals surface area contributed by atoms with Gasteiger partial charge in [-0.05, 0) is 31.2 Å². The number of benzene rings is 1. The van der Waals surface area contributed by atoms with E-state index in [1.165, 1.54) is 24.4 Å². The molecule has 1 amide bonds. The van der Waals surface area contributed by atoms with Gasteiger partial charge in [0.25, 0.3) is 5.91 Å². The van der Waals surface area contributed by atoms with Crippen molar-refractivity contribution < 1.29 is 13.9 Å². The van der Waals surface area contributed by atoms with Gasteiger partial charge in [-0.2, -0.15) is 0 Å². The van der Waals surface area contributed by atoms with Gasteiger partial charge < -0.3 is 15.0 Å². The molecule has 0 bridgehead atoms. The summed E-state index contributed by atoms with van der Waals surface area (Å²) in [5.41, 5.74) is 0.835. The number of carbonyl (C=O) groups excluding carboxylic acids is 1. The van der Waals surface area contributed by atoms with Crippen LogP contribution in [0.2, 0.25) is 0 Å². The van der Waals surface area contributed by atoms with Gasteiger partial charge in [0.05, 0.1) is 17.9 Å². The Morgan fingerprint density at radius 3 is 2.68 bits per heavy atom. The summed E-state index contributed by atoms with van der Waals surface area (Å²) in [4.78, 5) is 18.3. The molecule has 1 aromatic carbocycles. The third-order valence-corrected chi connectivity index (χ3v) is 2.96. The van der Waals surface area contributed by atoms with Gasteiger partial charge in [-0.3, -0.25) is 4.79 Å². The van der Waals surface area contributed by atoms with E-state index in [2.05, 4.69) is 10.3 Å². The maximum absolute atomic E-state index is 13.2. The third kappa shape index (κ3) is 3.72. The molecular formula is C16H18FN3O2. The number of amides is 1. The molecule has 0 unspecified atom stereocenters. The van der Waals surface area contributed by atoms with Crippen molar-refractivity contribution in [3.8, 4) is 5.75 Å². The average Bonchev–Trinajstić information content (AvgIpc) is 2.50. The monoisotopic (exact) mass is 303 g/mol. The number of ether oxygens (including phenoxy) is 1. The first kappa shape index (κ1) is 15.8. The molecule has 5 nitrogen and oxygen atoms in total. The van der Waals surface area contributed by atoms with E-state index in [-0.39, 0.29) is 5.91 Å². The number of rotatable bonds is 5. The Balaban J connectivity index is 2.18. The first-order valence-electron chi connectivity index (χ1n) is 6.88. The number of carbonyl (C=O) groups is 1. The molecule has 0 radical (unpaired) electrons. The van der Waals surface area contributed by atoms with Crippen molar-refractivity contribution in [2.24, 2.45) is 0 Å². The van der Waals surface area contributed by atoms with Gasteiger partial charge in [-0.25, -0.2) is 9.37 Å². The molecule has 2 aromatic rings. The molecule has 0 aliphatic heterocycles. The summed E-state index contributed by atoms with van der Waals surface area (Å²) in [5.74, 6) is 0.311. The van der Waals surface area contributed by atoms with Crippen LogP contribution in [-0.4, -0.2) is 31.6 Å². The van der Waals surface area contributed by atoms with E-state index in [9.17, 15) is 9.18 Å². The van der Waals surface area contributed by atoms with Crippen LogP contribution in [0, 0.1) is 5.82 Å². The van der Waals surface area contributed by atoms with Crippen molar-refractivity contribution in [1.29, 1.82) is 0 Å². The van der Waals surface area contributed by atoms with Gasteiger partial charge in [0.15, 0.2) is 0 Å². The Kier molecular flexibility index (Phi) is 4.93. The van der Waals surface area contributed by atoms with Crippen LogP contribution in [-0.2, 0) is 0 Å². The molecule has 0 aliphatic carbocycles. The van der Waals surface area contributed by atoms with Crippen LogP contribution in [0.3, 0.4) is 0 Å². The molecule has 0 aliphatic rings. The lowest BCUT2D eigenvalue weighted by molar-refractivity contribution is 0.102. The fourth-order valence-electron chi connectivity index (χ4n) is 1.85. The van der Waals surface area contributed by atoms with Crippen LogP contribution >= 0.6 is 0 Å². The van der Waals surface area contributed by atoms with E-state index < -0.39 is 5.82 Å². The fourth-order valence-corrected chi connectivity index (χ4v) is 1.85. The summed E-state index contributed by atoms with van der Waals surface area (Å²) in [6.07, 6.45) is 1.49. The lowest BCUT2D eigenvalue weighted by atomic mass is 10.2. The standard InChI is InChI=1S/C16H18FN3O2/c1-4-22-14-9-12(17)6-7-13(14)19-16(21)11-5-8-15(18-10-11)20(2)3/h5-10H,4H2,1-3H3,(H,19,21). The minimum atomic E-state index is -0.418. The number of halogens is 1. The number of nitrogens with zero attached hydrogens (tertiary/aromatic N) is 2. The zero-order chi connectivity index (χ0) is 16.1. The lowest BCUT2D eigenvalue weighted by Gasteiger charge is -2.13. The molecule has 1 N–H and O–H groups in total. The predicted octanol–water partition coefficient (Wildman–Crippen LogP) is 2.94. The third-order valence-electron chi connectivity index (χ3n) is 2.96. The van der Waals surface area contributed by atoms with Crippen molar-refractivity contribution in [2.45, 2.75) is 6.92 Å². The second kappa shape index (κ2) is 6.89. The van der Waals surface area contributed by atoms with E-state index in [4.69, 9.17) is 4.74 Å². The molecule has 0 fully saturated rings. The molecular weight excluding hydrogens is 285 g/mol. The first-order chi connectivity index (χ1) is 10.5. The fraction of sp³-hybridized carbons (Fsp3) is 0.250. The summed E-state index contributed by atoms with van der Waals surface area (Å²) < 4.78 is 18.6. The van der Waals surface area contributed by atoms with Gasteiger partial charge in [0.1, 0.15) is 17.4 Å². The molecule has 1 aromatic heterocycles. The van der Waals surface area contributed by atoms with Crippen LogP contribution in [0.1, 0.15) is 17.3 Å². The molecule has 0 saturated carbocycles. The van der Waals surface area contributed by atoms with Gasteiger partial charge >= 0.3 is 0 Å². The number of hydrogen-bond acceptors (Lipinski definition) is 4. The van der Waals surface area contributed by atoms with Crippen LogP contribution in [0.5, 0.6) is 5.75 Å². The zero-order valence-corrected chi connectivity index (χ0v) is 12.8. The number of nitrogens with one attached hydrogen (secondary N) is 1. The summed E-state index contributed by atoms with van der Waals surface area (Å²) in [7, 11) is 3.74. The number of anilines is 2. The Morgan fingerprint density at radius 1 is 1.32 bits per heavy atom. The SMILES string of the molecule is CCOc1cc(F)ccc1NC(=O)c1ccc(N(C)C)nc1. The topological polar surface area (TPSA) is 54.5 Å². The molecule has 0 spiro atoms. The summed E-state index contributed by atoms with van der Waals surface area (Å²) in [6, 6.07) is 7.42. The summed E-state index contributed by atoms with van der Waals surface area (Å²) >= 11 is 0. The Labute approximate surface area is 128 Å². The van der Waals surface area contributed by atoms with E-state index in [1.807, 2.05) is 19.0 Å². The number of pyridine rings is 1. The van der Waals surface area contributed by atoms with Gasteiger partial charge in [-0.15, -0.1) is 0 Å². The van der Waals surface area contributed by atoms with Crippen LogP contribution in [0.25, 0.3) is 0 Å². The van der Waals surface area contributed by atoms with Crippen molar-refractivity contribution in [2.75, 3.05) is 30.9 Å². The van der Waals surface area contributed by atoms with Crippen LogP contribution in [0.15, 0.2) is 36.5 Å². The largest absolute Gasteiger partial charge is 0.492 e. The van der Waals surface area contributed by atoms with Crippen molar-refractivity contribution in [3.05, 3.63) is 47.9 Å². The smallest absolute Gasteiger partial charge is 0.257 e. The minimum absolute atomic E-state index is 0.300. The van der Waals surface area contributed by atoms with Gasteiger partial charge in [0, 0.05) is 26.4 Å². The Hall–Kier alpha value is -2.63. The maximum atomic E-state index is 13.2. The van der Waals surface area contributed by atoms with Crippen molar-refractivity contribution in [3.63, 3.8) is 0 Å². The van der Waals surface area contributed by atoms with Gasteiger partial charge in [0.2, 0.25) is 0 Å². The highest BCUT2D eigenvalue weighted by Crippen LogP contribution is 2.26. The predicted molar refractivity (Wildman–Crippen MR) is 84.1 cm³/mol. The molecule has 0 atom stereocenters. The van der Waals surface area contributed by atoms with E-state index in [0.29, 0.717) is 23.6 Å². The molecule has 6 heteroatoms. The normalized spacial score (nSPS) is 10.2. The molecule has 22 heavy (non-hydrogen) atoms. The Morgan fingerprint density at radius 2 is 2.09 bits per heavy atom. The number of hydrogen-bond donors (Lipinski definition) is 1. The Bertz CT molecular complexity index is 657. The highest BCUT2D eigenvalue weighted by atomic mass is 19.1. The average molecular weight is 303 g/mol. The van der Waals surface area contributed by atoms with Crippen molar-refractivity contribution in [1.82, 2.24) is 4.98 Å². The van der Waals surface area contributed by atoms with Crippen molar-refractivity contribution >= 4 is 17.4 Å². The second-order valence-corrected chi connectivity index (χ2v) is 4.83. The van der Waals surface area contributed by atoms with E-state index in [0.717, 1.165) is 5.82 Å². The molecule has 1 heterocycles. The van der Waals surface area contributed by atoms with E-state index in [1.54, 1.807) is 19.1 Å². The highest BCUT2D eigenvalue weighted by molar-refractivity contribution is 6.04. The summed E-state index contributed by atoms with van der Waals surface area (Å²) in [5, 5.41) is 2.70. The highest BCUT2D eigenvalue weighted by Gasteiger charge is 2.11. The second-order valence-electron chi connectivity index (χ2n) is 4.83. The maximum Gasteiger partial charge on any atom is 0.257 e. The van der Waals surface area contributed by atoms with Gasteiger partial charge in [-0.1, -0.05) is 0 Å². The first-order valence-corrected chi connectivity index (χ1v) is 6.88. The zero-order valence-electron chi connectivity index (χ0n) is 12.8. The quantitative estimate of drug-likeness (QED) is 0.922. The number of aromatic nitrogens is 1. The van der Waals surface area contributed by atoms with E-state index >= 15 is 0 Å². The molecule has 116 valence electrons. The summed E-state index contributed by atoms with van der Waals surface area (Å²) in [6.45, 7) is 2.17. The molecule has 2 rings (SSSR count). The van der Waals surface area contributed by atoms with Crippen LogP contribution in [0.4, 0.5) is 15.9 Å².